The van der Waals surface area contributed by atoms with Crippen LogP contribution in [0.25, 0.3) is 0 Å². The van der Waals surface area contributed by atoms with Crippen LogP contribution in [-0.2, 0) is 11.8 Å². The number of halogens is 2. The maximum absolute atomic E-state index is 12.1. The minimum atomic E-state index is -0.344. The van der Waals surface area contributed by atoms with Gasteiger partial charge in [-0.1, -0.05) is 23.2 Å². The standard InChI is InChI=1S/C14H14Cl2N4O2/c1-19-6-5-17-13(19)14(22)20(2)8-12(21)18-9-3-4-10(15)11(16)7-9/h3-7H,8H2,1-2H3,(H,18,21). The van der Waals surface area contributed by atoms with Gasteiger partial charge in [0.2, 0.25) is 5.91 Å². The number of nitrogens with zero attached hydrogens (tertiary/aromatic N) is 3. The van der Waals surface area contributed by atoms with Crippen LogP contribution in [-0.4, -0.2) is 39.9 Å². The van der Waals surface area contributed by atoms with Crippen LogP contribution in [0.3, 0.4) is 0 Å². The van der Waals surface area contributed by atoms with Crippen molar-refractivity contribution >= 4 is 40.7 Å². The molecule has 2 amide bonds. The summed E-state index contributed by atoms with van der Waals surface area (Å²) < 4.78 is 1.59. The number of benzene rings is 1. The number of aryl methyl sites for hydroxylation is 1. The molecule has 0 aliphatic rings. The molecule has 22 heavy (non-hydrogen) atoms. The third-order valence-corrected chi connectivity index (χ3v) is 3.68. The second-order valence-electron chi connectivity index (χ2n) is 4.70. The lowest BCUT2D eigenvalue weighted by Crippen LogP contribution is -2.36. The molecule has 2 rings (SSSR count). The van der Waals surface area contributed by atoms with Gasteiger partial charge in [0.1, 0.15) is 0 Å². The lowest BCUT2D eigenvalue weighted by molar-refractivity contribution is -0.116. The van der Waals surface area contributed by atoms with Crippen LogP contribution in [0.5, 0.6) is 0 Å². The molecule has 1 heterocycles. The second kappa shape index (κ2) is 6.81. The number of hydrogen-bond acceptors (Lipinski definition) is 3. The maximum Gasteiger partial charge on any atom is 0.290 e. The number of likely N-dealkylation sites (N-methyl/N-ethyl adjacent to an activating group) is 1. The van der Waals surface area contributed by atoms with E-state index >= 15 is 0 Å². The Bertz CT molecular complexity index is 715. The molecule has 6 nitrogen and oxygen atoms in total. The number of imidazole rings is 1. The van der Waals surface area contributed by atoms with Crippen LogP contribution in [0, 0.1) is 0 Å². The Hall–Kier alpha value is -2.05. The molecule has 1 aromatic carbocycles. The summed E-state index contributed by atoms with van der Waals surface area (Å²) in [6, 6.07) is 4.76. The Morgan fingerprint density at radius 1 is 1.32 bits per heavy atom. The molecular weight excluding hydrogens is 327 g/mol. The summed E-state index contributed by atoms with van der Waals surface area (Å²) in [5, 5.41) is 3.40. The van der Waals surface area contributed by atoms with Gasteiger partial charge in [0, 0.05) is 32.2 Å². The average molecular weight is 341 g/mol. The third-order valence-electron chi connectivity index (χ3n) is 2.94. The molecule has 2 aromatic rings. The van der Waals surface area contributed by atoms with E-state index in [1.165, 1.54) is 18.1 Å². The van der Waals surface area contributed by atoms with Crippen molar-refractivity contribution in [2.45, 2.75) is 0 Å². The van der Waals surface area contributed by atoms with Gasteiger partial charge in [-0.15, -0.1) is 0 Å². The molecule has 1 aromatic heterocycles. The Labute approximate surface area is 137 Å². The Balaban J connectivity index is 1.98. The topological polar surface area (TPSA) is 67.2 Å². The molecule has 0 aliphatic carbocycles. The van der Waals surface area contributed by atoms with Gasteiger partial charge < -0.3 is 14.8 Å². The van der Waals surface area contributed by atoms with E-state index in [9.17, 15) is 9.59 Å². The number of nitrogens with one attached hydrogen (secondary N) is 1. The number of anilines is 1. The van der Waals surface area contributed by atoms with Gasteiger partial charge in [-0.3, -0.25) is 9.59 Å². The summed E-state index contributed by atoms with van der Waals surface area (Å²) in [4.78, 5) is 29.4. The zero-order chi connectivity index (χ0) is 16.3. The first kappa shape index (κ1) is 16.3. The quantitative estimate of drug-likeness (QED) is 0.929. The molecule has 0 saturated heterocycles. The highest BCUT2D eigenvalue weighted by atomic mass is 35.5. The summed E-state index contributed by atoms with van der Waals surface area (Å²) >= 11 is 11.7. The molecule has 8 heteroatoms. The number of carbonyl (C=O) groups excluding carboxylic acids is 2. The van der Waals surface area contributed by atoms with Gasteiger partial charge in [-0.25, -0.2) is 4.98 Å². The van der Waals surface area contributed by atoms with E-state index < -0.39 is 0 Å². The van der Waals surface area contributed by atoms with Crippen LogP contribution >= 0.6 is 23.2 Å². The molecule has 0 spiro atoms. The normalized spacial score (nSPS) is 10.4. The van der Waals surface area contributed by atoms with E-state index in [-0.39, 0.29) is 24.2 Å². The van der Waals surface area contributed by atoms with Crippen molar-refractivity contribution in [1.82, 2.24) is 14.5 Å². The fourth-order valence-electron chi connectivity index (χ4n) is 1.80. The summed E-state index contributed by atoms with van der Waals surface area (Å²) in [7, 11) is 3.25. The Morgan fingerprint density at radius 2 is 2.05 bits per heavy atom. The van der Waals surface area contributed by atoms with Crippen molar-refractivity contribution in [2.24, 2.45) is 7.05 Å². The van der Waals surface area contributed by atoms with E-state index in [1.54, 1.807) is 36.0 Å². The molecule has 116 valence electrons. The van der Waals surface area contributed by atoms with Crippen LogP contribution in [0.1, 0.15) is 10.6 Å². The van der Waals surface area contributed by atoms with E-state index in [2.05, 4.69) is 10.3 Å². The number of aromatic nitrogens is 2. The summed E-state index contributed by atoms with van der Waals surface area (Å²) in [6.07, 6.45) is 3.19. The predicted molar refractivity (Wildman–Crippen MR) is 85.3 cm³/mol. The van der Waals surface area contributed by atoms with Crippen LogP contribution < -0.4 is 5.32 Å². The fourth-order valence-corrected chi connectivity index (χ4v) is 2.10. The van der Waals surface area contributed by atoms with E-state index in [0.29, 0.717) is 15.7 Å². The zero-order valence-electron chi connectivity index (χ0n) is 12.0. The molecular formula is C14H14Cl2N4O2. The van der Waals surface area contributed by atoms with Crippen LogP contribution in [0.2, 0.25) is 10.0 Å². The molecule has 0 saturated carbocycles. The number of carbonyl (C=O) groups is 2. The number of amides is 2. The highest BCUT2D eigenvalue weighted by molar-refractivity contribution is 6.42. The lowest BCUT2D eigenvalue weighted by atomic mass is 10.3. The summed E-state index contributed by atoms with van der Waals surface area (Å²) in [5.41, 5.74) is 0.511. The maximum atomic E-state index is 12.1. The average Bonchev–Trinajstić information content (AvgIpc) is 2.88. The largest absolute Gasteiger partial charge is 0.330 e. The number of rotatable bonds is 4. The first-order valence-corrected chi connectivity index (χ1v) is 7.11. The molecule has 0 bridgehead atoms. The van der Waals surface area contributed by atoms with Gasteiger partial charge in [0.15, 0.2) is 5.82 Å². The van der Waals surface area contributed by atoms with Crippen molar-refractivity contribution in [1.29, 1.82) is 0 Å². The van der Waals surface area contributed by atoms with Crippen molar-refractivity contribution in [3.8, 4) is 0 Å². The fraction of sp³-hybridized carbons (Fsp3) is 0.214. The Morgan fingerprint density at radius 3 is 2.64 bits per heavy atom. The smallest absolute Gasteiger partial charge is 0.290 e. The highest BCUT2D eigenvalue weighted by Gasteiger charge is 2.18. The minimum absolute atomic E-state index is 0.105. The van der Waals surface area contributed by atoms with Crippen molar-refractivity contribution in [3.63, 3.8) is 0 Å². The van der Waals surface area contributed by atoms with E-state index in [4.69, 9.17) is 23.2 Å². The summed E-state index contributed by atoms with van der Waals surface area (Å²) in [5.74, 6) is -0.412. The van der Waals surface area contributed by atoms with Crippen molar-refractivity contribution in [3.05, 3.63) is 46.5 Å². The third kappa shape index (κ3) is 3.78. The Kier molecular flexibility index (Phi) is 5.05. The van der Waals surface area contributed by atoms with Crippen LogP contribution in [0.15, 0.2) is 30.6 Å². The van der Waals surface area contributed by atoms with Crippen LogP contribution in [0.4, 0.5) is 5.69 Å². The molecule has 0 unspecified atom stereocenters. The minimum Gasteiger partial charge on any atom is -0.330 e. The first-order chi connectivity index (χ1) is 10.4. The van der Waals surface area contributed by atoms with Crippen molar-refractivity contribution < 1.29 is 9.59 Å². The van der Waals surface area contributed by atoms with Gasteiger partial charge in [0.25, 0.3) is 5.91 Å². The molecule has 0 aliphatic heterocycles. The first-order valence-electron chi connectivity index (χ1n) is 6.36. The molecule has 0 atom stereocenters. The number of hydrogen-bond donors (Lipinski definition) is 1. The monoisotopic (exact) mass is 340 g/mol. The second-order valence-corrected chi connectivity index (χ2v) is 5.51. The summed E-state index contributed by atoms with van der Waals surface area (Å²) in [6.45, 7) is -0.105. The van der Waals surface area contributed by atoms with Gasteiger partial charge in [-0.05, 0) is 18.2 Å². The predicted octanol–water partition coefficient (Wildman–Crippen LogP) is 2.44. The van der Waals surface area contributed by atoms with Gasteiger partial charge >= 0.3 is 0 Å². The van der Waals surface area contributed by atoms with Gasteiger partial charge in [0.05, 0.1) is 16.6 Å². The highest BCUT2D eigenvalue weighted by Crippen LogP contribution is 2.24. The molecule has 1 N–H and O–H groups in total. The molecule has 0 radical (unpaired) electrons. The molecule has 0 fully saturated rings. The SMILES string of the molecule is CN(CC(=O)Nc1ccc(Cl)c(Cl)c1)C(=O)c1nccn1C. The van der Waals surface area contributed by atoms with E-state index in [0.717, 1.165) is 0 Å². The van der Waals surface area contributed by atoms with Crippen molar-refractivity contribution in [2.75, 3.05) is 18.9 Å². The zero-order valence-corrected chi connectivity index (χ0v) is 13.5. The van der Waals surface area contributed by atoms with E-state index in [1.807, 2.05) is 0 Å². The lowest BCUT2D eigenvalue weighted by Gasteiger charge is -2.16. The van der Waals surface area contributed by atoms with Gasteiger partial charge in [-0.2, -0.15) is 0 Å².